The number of nitriles is 1. The Morgan fingerprint density at radius 2 is 2.17 bits per heavy atom. The van der Waals surface area contributed by atoms with E-state index in [1.165, 1.54) is 11.3 Å². The molecular weight excluding hydrogens is 308 g/mol. The molecule has 0 saturated carbocycles. The Morgan fingerprint density at radius 1 is 1.30 bits per heavy atom. The summed E-state index contributed by atoms with van der Waals surface area (Å²) in [6.45, 7) is 4.88. The van der Waals surface area contributed by atoms with Crippen LogP contribution in [0.4, 0.5) is 10.9 Å². The van der Waals surface area contributed by atoms with Gasteiger partial charge in [0.25, 0.3) is 0 Å². The largest absolute Gasteiger partial charge is 0.493 e. The Labute approximate surface area is 138 Å². The fourth-order valence-corrected chi connectivity index (χ4v) is 2.90. The zero-order chi connectivity index (χ0) is 16.2. The summed E-state index contributed by atoms with van der Waals surface area (Å²) in [4.78, 5) is 8.79. The maximum atomic E-state index is 8.95. The molecule has 0 fully saturated rings. The second-order valence-corrected chi connectivity index (χ2v) is 6.55. The van der Waals surface area contributed by atoms with Crippen molar-refractivity contribution in [2.45, 2.75) is 13.8 Å². The number of anilines is 2. The predicted octanol–water partition coefficient (Wildman–Crippen LogP) is 4.34. The summed E-state index contributed by atoms with van der Waals surface area (Å²) in [7, 11) is 0. The lowest BCUT2D eigenvalue weighted by atomic mass is 10.2. The van der Waals surface area contributed by atoms with Crippen LogP contribution < -0.4 is 10.1 Å². The molecule has 0 unspecified atom stereocenters. The van der Waals surface area contributed by atoms with E-state index in [-0.39, 0.29) is 0 Å². The Kier molecular flexibility index (Phi) is 4.40. The van der Waals surface area contributed by atoms with Crippen molar-refractivity contribution in [1.29, 1.82) is 5.26 Å². The average molecular weight is 324 g/mol. The number of benzene rings is 1. The highest BCUT2D eigenvalue weighted by molar-refractivity contribution is 7.22. The standard InChI is InChI=1S/C17H16N4OS/c1-11(2)10-22-13-5-6-19-16(8-13)21-17-20-14-4-3-12(9-18)7-15(14)23-17/h3-8,11H,10H2,1-2H3,(H,19,20,21). The summed E-state index contributed by atoms with van der Waals surface area (Å²) < 4.78 is 6.67. The lowest BCUT2D eigenvalue weighted by molar-refractivity contribution is 0.271. The second-order valence-electron chi connectivity index (χ2n) is 5.52. The summed E-state index contributed by atoms with van der Waals surface area (Å²) >= 11 is 1.49. The van der Waals surface area contributed by atoms with E-state index in [9.17, 15) is 0 Å². The Balaban J connectivity index is 1.79. The topological polar surface area (TPSA) is 70.8 Å². The van der Waals surface area contributed by atoms with E-state index in [1.54, 1.807) is 12.3 Å². The number of thiazole rings is 1. The van der Waals surface area contributed by atoms with Crippen molar-refractivity contribution in [1.82, 2.24) is 9.97 Å². The molecule has 5 nitrogen and oxygen atoms in total. The van der Waals surface area contributed by atoms with Crippen LogP contribution in [-0.4, -0.2) is 16.6 Å². The first kappa shape index (κ1) is 15.3. The van der Waals surface area contributed by atoms with E-state index in [0.29, 0.717) is 23.9 Å². The fraction of sp³-hybridized carbons (Fsp3) is 0.235. The number of hydrogen-bond acceptors (Lipinski definition) is 6. The molecule has 0 atom stereocenters. The SMILES string of the molecule is CC(C)COc1ccnc(Nc2nc3ccc(C#N)cc3s2)c1. The van der Waals surface area contributed by atoms with Crippen LogP contribution >= 0.6 is 11.3 Å². The van der Waals surface area contributed by atoms with Crippen molar-refractivity contribution in [3.8, 4) is 11.8 Å². The van der Waals surface area contributed by atoms with Gasteiger partial charge in [-0.15, -0.1) is 0 Å². The van der Waals surface area contributed by atoms with Gasteiger partial charge in [-0.2, -0.15) is 5.26 Å². The summed E-state index contributed by atoms with van der Waals surface area (Å²) in [5.74, 6) is 1.94. The van der Waals surface area contributed by atoms with Crippen molar-refractivity contribution in [2.24, 2.45) is 5.92 Å². The zero-order valence-corrected chi connectivity index (χ0v) is 13.7. The highest BCUT2D eigenvalue weighted by Gasteiger charge is 2.07. The van der Waals surface area contributed by atoms with Gasteiger partial charge in [0.15, 0.2) is 5.13 Å². The molecule has 0 bridgehead atoms. The van der Waals surface area contributed by atoms with E-state index in [4.69, 9.17) is 10.00 Å². The van der Waals surface area contributed by atoms with Gasteiger partial charge in [0.2, 0.25) is 0 Å². The van der Waals surface area contributed by atoms with Gasteiger partial charge >= 0.3 is 0 Å². The van der Waals surface area contributed by atoms with E-state index in [0.717, 1.165) is 21.1 Å². The predicted molar refractivity (Wildman–Crippen MR) is 92.2 cm³/mol. The van der Waals surface area contributed by atoms with Crippen LogP contribution in [0.2, 0.25) is 0 Å². The summed E-state index contributed by atoms with van der Waals surface area (Å²) in [5, 5.41) is 12.9. The average Bonchev–Trinajstić information content (AvgIpc) is 2.94. The van der Waals surface area contributed by atoms with Gasteiger partial charge in [-0.3, -0.25) is 0 Å². The van der Waals surface area contributed by atoms with Crippen LogP contribution in [0.1, 0.15) is 19.4 Å². The van der Waals surface area contributed by atoms with E-state index < -0.39 is 0 Å². The Morgan fingerprint density at radius 3 is 2.96 bits per heavy atom. The van der Waals surface area contributed by atoms with E-state index in [1.807, 2.05) is 24.3 Å². The molecule has 2 aromatic heterocycles. The maximum absolute atomic E-state index is 8.95. The quantitative estimate of drug-likeness (QED) is 0.756. The Bertz CT molecular complexity index is 866. The molecule has 0 aliphatic rings. The van der Waals surface area contributed by atoms with Crippen LogP contribution in [0, 0.1) is 17.2 Å². The number of nitrogens with zero attached hydrogens (tertiary/aromatic N) is 3. The molecule has 3 aromatic rings. The third-order valence-electron chi connectivity index (χ3n) is 3.07. The molecule has 0 spiro atoms. The molecule has 0 aliphatic heterocycles. The highest BCUT2D eigenvalue weighted by atomic mass is 32.1. The molecule has 23 heavy (non-hydrogen) atoms. The molecule has 1 N–H and O–H groups in total. The summed E-state index contributed by atoms with van der Waals surface area (Å²) in [5.41, 5.74) is 1.50. The molecule has 0 saturated heterocycles. The van der Waals surface area contributed by atoms with Crippen LogP contribution in [0.3, 0.4) is 0 Å². The summed E-state index contributed by atoms with van der Waals surface area (Å²) in [6, 6.07) is 11.3. The Hall–Kier alpha value is -2.65. The molecule has 2 heterocycles. The van der Waals surface area contributed by atoms with Gasteiger partial charge in [-0.25, -0.2) is 9.97 Å². The van der Waals surface area contributed by atoms with Gasteiger partial charge < -0.3 is 10.1 Å². The first-order valence-corrected chi connectivity index (χ1v) is 8.12. The van der Waals surface area contributed by atoms with Crippen LogP contribution in [0.5, 0.6) is 5.75 Å². The minimum atomic E-state index is 0.471. The van der Waals surface area contributed by atoms with Crippen molar-refractivity contribution in [2.75, 3.05) is 11.9 Å². The number of rotatable bonds is 5. The van der Waals surface area contributed by atoms with Gasteiger partial charge in [0.05, 0.1) is 28.5 Å². The molecule has 0 radical (unpaired) electrons. The normalized spacial score (nSPS) is 10.7. The van der Waals surface area contributed by atoms with Crippen LogP contribution in [-0.2, 0) is 0 Å². The van der Waals surface area contributed by atoms with Crippen LogP contribution in [0.15, 0.2) is 36.5 Å². The molecule has 1 aromatic carbocycles. The number of fused-ring (bicyclic) bond motifs is 1. The third-order valence-corrected chi connectivity index (χ3v) is 4.00. The highest BCUT2D eigenvalue weighted by Crippen LogP contribution is 2.29. The number of pyridine rings is 1. The van der Waals surface area contributed by atoms with Gasteiger partial charge in [-0.1, -0.05) is 25.2 Å². The first-order valence-electron chi connectivity index (χ1n) is 7.30. The number of hydrogen-bond donors (Lipinski definition) is 1. The van der Waals surface area contributed by atoms with E-state index >= 15 is 0 Å². The van der Waals surface area contributed by atoms with Gasteiger partial charge in [0.1, 0.15) is 11.6 Å². The molecule has 116 valence electrons. The molecule has 0 amide bonds. The van der Waals surface area contributed by atoms with Gasteiger partial charge in [-0.05, 0) is 30.2 Å². The lowest BCUT2D eigenvalue weighted by Crippen LogP contribution is -2.04. The number of aromatic nitrogens is 2. The van der Waals surface area contributed by atoms with Crippen molar-refractivity contribution in [3.63, 3.8) is 0 Å². The van der Waals surface area contributed by atoms with Crippen molar-refractivity contribution >= 4 is 32.5 Å². The monoisotopic (exact) mass is 324 g/mol. The number of ether oxygens (including phenoxy) is 1. The second kappa shape index (κ2) is 6.63. The third kappa shape index (κ3) is 3.76. The minimum Gasteiger partial charge on any atom is -0.493 e. The lowest BCUT2D eigenvalue weighted by Gasteiger charge is -2.09. The van der Waals surface area contributed by atoms with Gasteiger partial charge in [0, 0.05) is 12.3 Å². The fourth-order valence-electron chi connectivity index (χ4n) is 1.99. The van der Waals surface area contributed by atoms with E-state index in [2.05, 4.69) is 35.2 Å². The van der Waals surface area contributed by atoms with Crippen molar-refractivity contribution in [3.05, 3.63) is 42.1 Å². The zero-order valence-electron chi connectivity index (χ0n) is 12.9. The summed E-state index contributed by atoms with van der Waals surface area (Å²) in [6.07, 6.45) is 1.71. The first-order chi connectivity index (χ1) is 11.1. The minimum absolute atomic E-state index is 0.471. The molecular formula is C17H16N4OS. The van der Waals surface area contributed by atoms with Crippen molar-refractivity contribution < 1.29 is 4.74 Å². The molecule has 6 heteroatoms. The smallest absolute Gasteiger partial charge is 0.189 e. The maximum Gasteiger partial charge on any atom is 0.189 e. The number of nitrogens with one attached hydrogen (secondary N) is 1. The van der Waals surface area contributed by atoms with Crippen LogP contribution in [0.25, 0.3) is 10.2 Å². The molecule has 0 aliphatic carbocycles. The molecule has 3 rings (SSSR count).